The average Bonchev–Trinajstić information content (AvgIpc) is 1.56. The maximum atomic E-state index is 10.5. The van der Waals surface area contributed by atoms with Crippen molar-refractivity contribution in [3.8, 4) is 68.6 Å². The van der Waals surface area contributed by atoms with E-state index in [9.17, 15) is 51.1 Å². The predicted molar refractivity (Wildman–Crippen MR) is 584 cm³/mol. The van der Waals surface area contributed by atoms with Crippen molar-refractivity contribution in [3.05, 3.63) is 509 Å². The smallest absolute Gasteiger partial charge is 0.119 e. The van der Waals surface area contributed by atoms with Crippen molar-refractivity contribution >= 4 is 10.8 Å². The molecule has 17 aromatic carbocycles. The van der Waals surface area contributed by atoms with Gasteiger partial charge in [-0.15, -0.1) is 0 Å². The number of aryl methyl sites for hydroxylation is 8. The summed E-state index contributed by atoms with van der Waals surface area (Å²) in [6, 6.07) is 119. The molecule has 0 bridgehead atoms. The second-order valence-corrected chi connectivity index (χ2v) is 36.6. The lowest BCUT2D eigenvalue weighted by atomic mass is 9.73. The van der Waals surface area contributed by atoms with Crippen molar-refractivity contribution in [3.63, 3.8) is 0 Å². The van der Waals surface area contributed by atoms with E-state index in [1.807, 2.05) is 206 Å². The Bertz CT molecular complexity index is 6250. The normalized spacial score (nSPS) is 10.9. The quantitative estimate of drug-likeness (QED) is 0.0369. The van der Waals surface area contributed by atoms with E-state index in [4.69, 9.17) is 0 Å². The molecular weight excluding hydrogens is 1720 g/mol. The predicted octanol–water partition coefficient (Wildman–Crippen LogP) is 33.4. The van der Waals surface area contributed by atoms with Crippen LogP contribution in [0.3, 0.4) is 0 Å². The third-order valence-corrected chi connectivity index (χ3v) is 25.5. The van der Waals surface area contributed by atoms with E-state index in [0.717, 1.165) is 113 Å². The van der Waals surface area contributed by atoms with Gasteiger partial charge in [0.2, 0.25) is 0 Å². The third kappa shape index (κ3) is 27.9. The Morgan fingerprint density at radius 3 is 0.836 bits per heavy atom. The number of phenolic OH excluding ortho intramolecular Hbond substituents is 10. The number of phenols is 10. The second-order valence-electron chi connectivity index (χ2n) is 36.6. The van der Waals surface area contributed by atoms with Crippen molar-refractivity contribution in [1.82, 2.24) is 0 Å². The zero-order valence-electron chi connectivity index (χ0n) is 85.1. The first-order valence-electron chi connectivity index (χ1n) is 49.1. The summed E-state index contributed by atoms with van der Waals surface area (Å²) in [6.07, 6.45) is 2.11. The minimum Gasteiger partial charge on any atom is -0.508 e. The SMILES string of the molecule is CC.CC.CC.Cc1cc(C(c2cc(C)c(O)cc2C)C(C)C)c(C)cc1O.Cc1ccc(O)c(C(c2ccc(C(C)C)cc2)c2cc(C)ccc2O)c1.Cc1ccc(O)c(C(c2ccc(C(C)C)cc2)c2cc(C)ccc2O)c1.Oc1ccc(C(c2ccc(O)cc2)C(c2ccc(O)cc2)c2ccc(O)cc2)cc1.c1ccc(Cc2cccc3ccccc23)cc1.c1ccc2c(c1)Cc1ccccc1-2. The van der Waals surface area contributed by atoms with Gasteiger partial charge >= 0.3 is 0 Å². The fraction of sp³-hybridized carbons (Fsp3) is 0.231. The average molecular weight is 1860 g/mol. The zero-order chi connectivity index (χ0) is 102. The summed E-state index contributed by atoms with van der Waals surface area (Å²) < 4.78 is 0. The highest BCUT2D eigenvalue weighted by atomic mass is 16.3. The molecule has 18 rings (SSSR count). The van der Waals surface area contributed by atoms with Gasteiger partial charge in [-0.3, -0.25) is 0 Å². The molecular formula is C130H142O10. The molecule has 0 spiro atoms. The van der Waals surface area contributed by atoms with Gasteiger partial charge in [-0.1, -0.05) is 384 Å². The van der Waals surface area contributed by atoms with Gasteiger partial charge in [0.1, 0.15) is 57.5 Å². The Morgan fingerprint density at radius 2 is 0.514 bits per heavy atom. The van der Waals surface area contributed by atoms with Gasteiger partial charge in [-0.05, 0) is 293 Å². The van der Waals surface area contributed by atoms with E-state index in [1.54, 1.807) is 72.8 Å². The van der Waals surface area contributed by atoms with Gasteiger partial charge < -0.3 is 51.1 Å². The molecule has 17 aromatic rings. The van der Waals surface area contributed by atoms with Crippen LogP contribution in [-0.2, 0) is 12.8 Å². The molecule has 0 saturated heterocycles. The highest BCUT2D eigenvalue weighted by molar-refractivity contribution is 5.86. The Hall–Kier alpha value is -15.0. The lowest BCUT2D eigenvalue weighted by Crippen LogP contribution is -2.14. The number of benzene rings is 17. The standard InChI is InChI=1S/C26H22O4.2C24H26O2.C20H26O2.C17H14.C13H10.3C2H6/c27-21-9-1-17(2-10-21)25(18-3-11-22(28)12-4-18)26(19-5-13-23(29)14-6-19)20-7-15-24(30)16-8-20;2*1-15(2)18-7-9-19(10-8-18)24(20-13-16(3)5-11-22(20)25)21-14-17(4)6-12-23(21)26;1-11(2)20(16-7-14(5)18(21)9-12(16)3)17-8-15(6)19(22)10-13(17)4;1-2-7-14(8-3-1)13-16-11-6-10-15-9-4-5-12-17(15)16;1-3-7-12-10(5-1)9-11-6-2-4-8-13(11)12;3*1-2/h1-16,25-30H;2*5-15,24-26H,1-4H3;7-11,20-22H,1-6H3;1-12H,13H2;1-8H,9H2;3*1-2H3. The molecule has 10 nitrogen and oxygen atoms in total. The molecule has 1 aliphatic carbocycles. The largest absolute Gasteiger partial charge is 0.508 e. The molecule has 0 radical (unpaired) electrons. The Kier molecular flexibility index (Phi) is 39.3. The maximum absolute atomic E-state index is 10.5. The summed E-state index contributed by atoms with van der Waals surface area (Å²) in [5, 5.41) is 104. The number of hydrogen-bond acceptors (Lipinski definition) is 10. The molecule has 0 aliphatic heterocycles. The molecule has 1 aliphatic rings. The molecule has 0 atom stereocenters. The molecule has 0 heterocycles. The van der Waals surface area contributed by atoms with E-state index in [2.05, 4.69) is 224 Å². The monoisotopic (exact) mass is 1860 g/mol. The zero-order valence-corrected chi connectivity index (χ0v) is 85.1. The van der Waals surface area contributed by atoms with E-state index in [-0.39, 0.29) is 75.6 Å². The van der Waals surface area contributed by atoms with Crippen LogP contribution in [-0.4, -0.2) is 51.1 Å². The number of fused-ring (bicyclic) bond motifs is 4. The molecule has 722 valence electrons. The topological polar surface area (TPSA) is 202 Å². The van der Waals surface area contributed by atoms with Crippen molar-refractivity contribution in [2.75, 3.05) is 0 Å². The lowest BCUT2D eigenvalue weighted by Gasteiger charge is -2.29. The molecule has 10 heteroatoms. The fourth-order valence-corrected chi connectivity index (χ4v) is 18.2. The summed E-state index contributed by atoms with van der Waals surface area (Å²) >= 11 is 0. The van der Waals surface area contributed by atoms with Crippen LogP contribution in [0.5, 0.6) is 57.5 Å². The van der Waals surface area contributed by atoms with Gasteiger partial charge in [0.15, 0.2) is 0 Å². The molecule has 0 aromatic heterocycles. The highest BCUT2D eigenvalue weighted by Crippen LogP contribution is 2.48. The fourth-order valence-electron chi connectivity index (χ4n) is 18.2. The third-order valence-electron chi connectivity index (χ3n) is 25.5. The summed E-state index contributed by atoms with van der Waals surface area (Å²) in [7, 11) is 0. The number of aromatic hydroxyl groups is 10. The van der Waals surface area contributed by atoms with Gasteiger partial charge in [-0.2, -0.15) is 0 Å². The van der Waals surface area contributed by atoms with E-state index < -0.39 is 0 Å². The molecule has 0 amide bonds. The van der Waals surface area contributed by atoms with Gasteiger partial charge in [0.05, 0.1) is 0 Å². The first-order chi connectivity index (χ1) is 67.3. The van der Waals surface area contributed by atoms with Crippen LogP contribution < -0.4 is 0 Å². The highest BCUT2D eigenvalue weighted by Gasteiger charge is 2.31. The van der Waals surface area contributed by atoms with Crippen LogP contribution >= 0.6 is 0 Å². The first kappa shape index (κ1) is 107. The summed E-state index contributed by atoms with van der Waals surface area (Å²) in [5.74, 6) is 3.30. The van der Waals surface area contributed by atoms with Crippen LogP contribution in [0.1, 0.15) is 269 Å². The Labute approximate surface area is 832 Å². The summed E-state index contributed by atoms with van der Waals surface area (Å²) in [5.41, 5.74) is 31.2. The Balaban J connectivity index is 0.000000173. The van der Waals surface area contributed by atoms with Crippen LogP contribution in [0, 0.1) is 61.3 Å². The minimum atomic E-state index is -0.226. The summed E-state index contributed by atoms with van der Waals surface area (Å²) in [4.78, 5) is 0. The van der Waals surface area contributed by atoms with Crippen LogP contribution in [0.4, 0.5) is 0 Å². The molecule has 0 fully saturated rings. The second kappa shape index (κ2) is 51.4. The lowest BCUT2D eigenvalue weighted by molar-refractivity contribution is 0.457. The van der Waals surface area contributed by atoms with Crippen molar-refractivity contribution in [1.29, 1.82) is 0 Å². The number of rotatable bonds is 18. The van der Waals surface area contributed by atoms with Gasteiger partial charge in [0, 0.05) is 51.8 Å². The Morgan fingerprint density at radius 1 is 0.229 bits per heavy atom. The van der Waals surface area contributed by atoms with E-state index >= 15 is 0 Å². The van der Waals surface area contributed by atoms with Gasteiger partial charge in [0.25, 0.3) is 0 Å². The maximum Gasteiger partial charge on any atom is 0.119 e. The van der Waals surface area contributed by atoms with E-state index in [1.165, 1.54) is 66.4 Å². The molecule has 0 unspecified atom stereocenters. The van der Waals surface area contributed by atoms with Crippen molar-refractivity contribution < 1.29 is 51.1 Å². The molecule has 0 saturated carbocycles. The van der Waals surface area contributed by atoms with Crippen LogP contribution in [0.2, 0.25) is 0 Å². The first-order valence-corrected chi connectivity index (χ1v) is 49.1. The van der Waals surface area contributed by atoms with E-state index in [0.29, 0.717) is 29.3 Å². The molecule has 140 heavy (non-hydrogen) atoms. The van der Waals surface area contributed by atoms with Crippen LogP contribution in [0.15, 0.2) is 364 Å². The minimum absolute atomic E-state index is 0.139. The summed E-state index contributed by atoms with van der Waals surface area (Å²) in [6.45, 7) is 41.1. The number of hydrogen-bond donors (Lipinski definition) is 10. The van der Waals surface area contributed by atoms with Crippen molar-refractivity contribution in [2.24, 2.45) is 5.92 Å². The van der Waals surface area contributed by atoms with Gasteiger partial charge in [-0.25, -0.2) is 0 Å². The molecule has 10 N–H and O–H groups in total. The van der Waals surface area contributed by atoms with Crippen LogP contribution in [0.25, 0.3) is 21.9 Å². The van der Waals surface area contributed by atoms with Crippen molar-refractivity contribution in [2.45, 2.75) is 193 Å².